The summed E-state index contributed by atoms with van der Waals surface area (Å²) in [6.45, 7) is 3.27. The van der Waals surface area contributed by atoms with Crippen molar-refractivity contribution < 1.29 is 13.9 Å². The average molecular weight is 239 g/mol. The Morgan fingerprint density at radius 1 is 1.53 bits per heavy atom. The van der Waals surface area contributed by atoms with Crippen molar-refractivity contribution in [2.45, 2.75) is 25.9 Å². The topological polar surface area (TPSA) is 44.5 Å². The van der Waals surface area contributed by atoms with E-state index in [9.17, 15) is 4.39 Å². The molecule has 0 amide bonds. The van der Waals surface area contributed by atoms with E-state index >= 15 is 0 Å². The quantitative estimate of drug-likeness (QED) is 0.877. The molecule has 1 aliphatic rings. The Hall–Kier alpha value is -1.13. The molecule has 0 radical (unpaired) electrons. The van der Waals surface area contributed by atoms with Gasteiger partial charge in [0.2, 0.25) is 0 Å². The van der Waals surface area contributed by atoms with Gasteiger partial charge in [-0.25, -0.2) is 4.39 Å². The van der Waals surface area contributed by atoms with Gasteiger partial charge < -0.3 is 15.2 Å². The van der Waals surface area contributed by atoms with Crippen LogP contribution in [0.2, 0.25) is 0 Å². The predicted octanol–water partition coefficient (Wildman–Crippen LogP) is 1.97. The zero-order chi connectivity index (χ0) is 12.4. The molecule has 3 nitrogen and oxygen atoms in total. The largest absolute Gasteiger partial charge is 0.496 e. The van der Waals surface area contributed by atoms with E-state index in [1.807, 2.05) is 6.92 Å². The van der Waals surface area contributed by atoms with Gasteiger partial charge >= 0.3 is 0 Å². The second-order valence-electron chi connectivity index (χ2n) is 4.38. The lowest BCUT2D eigenvalue weighted by atomic mass is 9.92. The monoisotopic (exact) mass is 239 g/mol. The minimum absolute atomic E-state index is 0.0175. The highest BCUT2D eigenvalue weighted by Gasteiger charge is 2.23. The van der Waals surface area contributed by atoms with Crippen LogP contribution in [-0.4, -0.2) is 20.3 Å². The van der Waals surface area contributed by atoms with E-state index in [1.165, 1.54) is 0 Å². The zero-order valence-electron chi connectivity index (χ0n) is 10.3. The van der Waals surface area contributed by atoms with Crippen molar-refractivity contribution in [1.29, 1.82) is 0 Å². The highest BCUT2D eigenvalue weighted by Crippen LogP contribution is 2.34. The average Bonchev–Trinajstić information content (AvgIpc) is 2.39. The van der Waals surface area contributed by atoms with Crippen molar-refractivity contribution >= 4 is 0 Å². The molecular weight excluding hydrogens is 221 g/mol. The first-order chi connectivity index (χ1) is 8.19. The number of ether oxygens (including phenoxy) is 2. The molecule has 94 valence electrons. The van der Waals surface area contributed by atoms with Crippen molar-refractivity contribution in [3.05, 3.63) is 28.6 Å². The fourth-order valence-corrected chi connectivity index (χ4v) is 2.19. The molecule has 1 unspecified atom stereocenters. The number of benzene rings is 1. The Bertz CT molecular complexity index is 420. The molecule has 0 fully saturated rings. The predicted molar refractivity (Wildman–Crippen MR) is 63.8 cm³/mol. The van der Waals surface area contributed by atoms with Crippen molar-refractivity contribution in [1.82, 2.24) is 0 Å². The van der Waals surface area contributed by atoms with Crippen LogP contribution in [0.1, 0.15) is 29.5 Å². The summed E-state index contributed by atoms with van der Waals surface area (Å²) in [5.41, 5.74) is 7.79. The van der Waals surface area contributed by atoms with Crippen molar-refractivity contribution in [2.24, 2.45) is 5.73 Å². The number of nitrogens with two attached hydrogens (primary N) is 1. The third kappa shape index (κ3) is 2.15. The highest BCUT2D eigenvalue weighted by atomic mass is 19.1. The first-order valence-corrected chi connectivity index (χ1v) is 5.85. The van der Waals surface area contributed by atoms with Crippen LogP contribution in [0, 0.1) is 5.82 Å². The normalized spacial score (nSPS) is 16.5. The molecule has 2 N–H and O–H groups in total. The van der Waals surface area contributed by atoms with Gasteiger partial charge in [-0.15, -0.1) is 0 Å². The molecule has 1 aliphatic heterocycles. The van der Waals surface area contributed by atoms with Crippen LogP contribution in [-0.2, 0) is 17.8 Å². The lowest BCUT2D eigenvalue weighted by Crippen LogP contribution is -2.17. The van der Waals surface area contributed by atoms with Gasteiger partial charge in [0.15, 0.2) is 0 Å². The van der Waals surface area contributed by atoms with E-state index in [1.54, 1.807) is 13.2 Å². The third-order valence-corrected chi connectivity index (χ3v) is 3.31. The maximum absolute atomic E-state index is 14.3. The Labute approximate surface area is 101 Å². The van der Waals surface area contributed by atoms with Crippen LogP contribution in [0.3, 0.4) is 0 Å². The van der Waals surface area contributed by atoms with Gasteiger partial charge in [0, 0.05) is 11.1 Å². The second-order valence-corrected chi connectivity index (χ2v) is 4.38. The third-order valence-electron chi connectivity index (χ3n) is 3.31. The van der Waals surface area contributed by atoms with Gasteiger partial charge in [-0.2, -0.15) is 0 Å². The van der Waals surface area contributed by atoms with Crippen molar-refractivity contribution in [3.8, 4) is 5.75 Å². The molecule has 4 heteroatoms. The summed E-state index contributed by atoms with van der Waals surface area (Å²) in [4.78, 5) is 0. The maximum Gasteiger partial charge on any atom is 0.132 e. The standard InChI is InChI=1S/C13H18FNO2/c1-8(6-15)10-5-12(16-2)9-3-4-17-7-11(9)13(10)14/h5,8H,3-4,6-7,15H2,1-2H3. The maximum atomic E-state index is 14.3. The number of methoxy groups -OCH3 is 1. The first-order valence-electron chi connectivity index (χ1n) is 5.85. The lowest BCUT2D eigenvalue weighted by Gasteiger charge is -2.23. The number of hydrogen-bond donors (Lipinski definition) is 1. The minimum atomic E-state index is -0.182. The molecule has 1 heterocycles. The molecule has 1 aromatic rings. The Kier molecular flexibility index (Phi) is 3.64. The highest BCUT2D eigenvalue weighted by molar-refractivity contribution is 5.46. The van der Waals surface area contributed by atoms with Gasteiger partial charge in [-0.3, -0.25) is 0 Å². The zero-order valence-corrected chi connectivity index (χ0v) is 10.3. The molecular formula is C13H18FNO2. The van der Waals surface area contributed by atoms with Gasteiger partial charge in [-0.05, 0) is 30.5 Å². The summed E-state index contributed by atoms with van der Waals surface area (Å²) in [7, 11) is 1.61. The number of fused-ring (bicyclic) bond motifs is 1. The summed E-state index contributed by atoms with van der Waals surface area (Å²) in [6, 6.07) is 1.77. The van der Waals surface area contributed by atoms with Crippen molar-refractivity contribution in [3.63, 3.8) is 0 Å². The summed E-state index contributed by atoms with van der Waals surface area (Å²) >= 11 is 0. The molecule has 0 spiro atoms. The van der Waals surface area contributed by atoms with Gasteiger partial charge in [0.05, 0.1) is 20.3 Å². The molecule has 1 aromatic carbocycles. The molecule has 17 heavy (non-hydrogen) atoms. The van der Waals surface area contributed by atoms with Crippen LogP contribution in [0.15, 0.2) is 6.07 Å². The second kappa shape index (κ2) is 5.02. The van der Waals surface area contributed by atoms with Gasteiger partial charge in [0.25, 0.3) is 0 Å². The smallest absolute Gasteiger partial charge is 0.132 e. The number of halogens is 1. The van der Waals surface area contributed by atoms with E-state index in [-0.39, 0.29) is 11.7 Å². The van der Waals surface area contributed by atoms with E-state index in [2.05, 4.69) is 0 Å². The van der Waals surface area contributed by atoms with Crippen LogP contribution in [0.5, 0.6) is 5.75 Å². The SMILES string of the molecule is COc1cc(C(C)CN)c(F)c2c1CCOC2. The molecule has 0 bridgehead atoms. The molecule has 0 aliphatic carbocycles. The van der Waals surface area contributed by atoms with E-state index < -0.39 is 0 Å². The van der Waals surface area contributed by atoms with E-state index in [0.29, 0.717) is 37.3 Å². The molecule has 0 aromatic heterocycles. The van der Waals surface area contributed by atoms with Crippen LogP contribution >= 0.6 is 0 Å². The van der Waals surface area contributed by atoms with Crippen LogP contribution in [0.4, 0.5) is 4.39 Å². The summed E-state index contributed by atoms with van der Waals surface area (Å²) in [5.74, 6) is 0.551. The fraction of sp³-hybridized carbons (Fsp3) is 0.538. The summed E-state index contributed by atoms with van der Waals surface area (Å²) in [6.07, 6.45) is 0.701. The first kappa shape index (κ1) is 12.3. The van der Waals surface area contributed by atoms with E-state index in [4.69, 9.17) is 15.2 Å². The number of hydrogen-bond acceptors (Lipinski definition) is 3. The van der Waals surface area contributed by atoms with Gasteiger partial charge in [0.1, 0.15) is 11.6 Å². The fourth-order valence-electron chi connectivity index (χ4n) is 2.19. The molecule has 2 rings (SSSR count). The Morgan fingerprint density at radius 2 is 2.29 bits per heavy atom. The summed E-state index contributed by atoms with van der Waals surface area (Å²) < 4.78 is 25.0. The van der Waals surface area contributed by atoms with Gasteiger partial charge in [-0.1, -0.05) is 6.92 Å². The molecule has 0 saturated heterocycles. The van der Waals surface area contributed by atoms with Crippen LogP contribution in [0.25, 0.3) is 0 Å². The molecule has 1 atom stereocenters. The number of rotatable bonds is 3. The van der Waals surface area contributed by atoms with E-state index in [0.717, 1.165) is 11.3 Å². The lowest BCUT2D eigenvalue weighted by molar-refractivity contribution is 0.106. The Morgan fingerprint density at radius 3 is 2.94 bits per heavy atom. The summed E-state index contributed by atoms with van der Waals surface area (Å²) in [5, 5.41) is 0. The Balaban J connectivity index is 2.56. The van der Waals surface area contributed by atoms with Crippen molar-refractivity contribution in [2.75, 3.05) is 20.3 Å². The molecule has 0 saturated carbocycles. The minimum Gasteiger partial charge on any atom is -0.496 e. The van der Waals surface area contributed by atoms with Crippen LogP contribution < -0.4 is 10.5 Å².